The Kier molecular flexibility index (Phi) is 5.91. The summed E-state index contributed by atoms with van der Waals surface area (Å²) in [5, 5.41) is 6.64. The zero-order chi connectivity index (χ0) is 10.2. The molecule has 0 aliphatic heterocycles. The molecule has 0 amide bonds. The maximum absolute atomic E-state index is 5.12. The molecule has 80 valence electrons. The minimum absolute atomic E-state index is 0.830. The van der Waals surface area contributed by atoms with Crippen molar-refractivity contribution in [3.63, 3.8) is 0 Å². The topological polar surface area (TPSA) is 37.2 Å². The van der Waals surface area contributed by atoms with E-state index in [2.05, 4.69) is 33.5 Å². The molecule has 0 bridgehead atoms. The van der Waals surface area contributed by atoms with E-state index in [1.807, 2.05) is 6.07 Å². The summed E-state index contributed by atoms with van der Waals surface area (Å²) >= 11 is 3.34. The molecule has 0 fully saturated rings. The third-order valence-corrected chi connectivity index (χ3v) is 2.66. The molecule has 1 aromatic heterocycles. The highest BCUT2D eigenvalue weighted by Crippen LogP contribution is 2.16. The Labute approximate surface area is 93.4 Å². The van der Waals surface area contributed by atoms with Gasteiger partial charge in [0.05, 0.1) is 6.26 Å². The van der Waals surface area contributed by atoms with Crippen molar-refractivity contribution in [3.05, 3.63) is 22.6 Å². The van der Waals surface area contributed by atoms with Crippen molar-refractivity contribution in [2.45, 2.75) is 19.9 Å². The summed E-state index contributed by atoms with van der Waals surface area (Å²) in [5.41, 5.74) is 1.17. The van der Waals surface area contributed by atoms with Gasteiger partial charge in [0.2, 0.25) is 0 Å². The van der Waals surface area contributed by atoms with Gasteiger partial charge in [-0.25, -0.2) is 0 Å². The average Bonchev–Trinajstić information content (AvgIpc) is 2.58. The lowest BCUT2D eigenvalue weighted by Crippen LogP contribution is -2.21. The van der Waals surface area contributed by atoms with Crippen LogP contribution in [0.3, 0.4) is 0 Å². The fourth-order valence-corrected chi connectivity index (χ4v) is 1.56. The molecule has 1 rings (SSSR count). The fraction of sp³-hybridized carbons (Fsp3) is 0.600. The highest BCUT2D eigenvalue weighted by molar-refractivity contribution is 9.10. The Balaban J connectivity index is 2.02. The first kappa shape index (κ1) is 11.8. The second kappa shape index (κ2) is 7.04. The van der Waals surface area contributed by atoms with Gasteiger partial charge in [0, 0.05) is 12.1 Å². The lowest BCUT2D eigenvalue weighted by molar-refractivity contribution is 0.531. The molecule has 1 heterocycles. The van der Waals surface area contributed by atoms with Crippen LogP contribution < -0.4 is 10.6 Å². The van der Waals surface area contributed by atoms with E-state index < -0.39 is 0 Å². The maximum atomic E-state index is 5.12. The van der Waals surface area contributed by atoms with E-state index in [0.717, 1.165) is 37.3 Å². The number of halogens is 1. The Bertz CT molecular complexity index is 250. The molecule has 0 spiro atoms. The monoisotopic (exact) mass is 260 g/mol. The van der Waals surface area contributed by atoms with Crippen molar-refractivity contribution in [3.8, 4) is 0 Å². The van der Waals surface area contributed by atoms with E-state index in [1.165, 1.54) is 5.56 Å². The standard InChI is InChI=1S/C10H17BrN2O/c1-2-12-5-3-6-13-8-9-4-7-14-10(9)11/h4,7,12-13H,2-3,5-6,8H2,1H3. The minimum Gasteiger partial charge on any atom is -0.457 e. The number of hydrogen-bond donors (Lipinski definition) is 2. The summed E-state index contributed by atoms with van der Waals surface area (Å²) in [6.45, 7) is 6.15. The van der Waals surface area contributed by atoms with Crippen LogP contribution in [0, 0.1) is 0 Å². The average molecular weight is 261 g/mol. The Hall–Kier alpha value is -0.320. The predicted octanol–water partition coefficient (Wildman–Crippen LogP) is 2.13. The van der Waals surface area contributed by atoms with Gasteiger partial charge in [-0.3, -0.25) is 0 Å². The van der Waals surface area contributed by atoms with Gasteiger partial charge in [0.25, 0.3) is 0 Å². The third kappa shape index (κ3) is 4.26. The summed E-state index contributed by atoms with van der Waals surface area (Å²) in [6, 6.07) is 1.97. The van der Waals surface area contributed by atoms with E-state index in [9.17, 15) is 0 Å². The molecule has 0 saturated carbocycles. The Morgan fingerprint density at radius 1 is 1.36 bits per heavy atom. The maximum Gasteiger partial charge on any atom is 0.173 e. The number of hydrogen-bond acceptors (Lipinski definition) is 3. The molecular formula is C10H17BrN2O. The van der Waals surface area contributed by atoms with E-state index >= 15 is 0 Å². The molecule has 0 radical (unpaired) electrons. The first-order valence-electron chi connectivity index (χ1n) is 4.98. The molecule has 0 unspecified atom stereocenters. The van der Waals surface area contributed by atoms with Crippen LogP contribution in [-0.2, 0) is 6.54 Å². The summed E-state index contributed by atoms with van der Waals surface area (Å²) in [7, 11) is 0. The molecule has 2 N–H and O–H groups in total. The minimum atomic E-state index is 0.830. The number of nitrogens with one attached hydrogen (secondary N) is 2. The van der Waals surface area contributed by atoms with Gasteiger partial charge in [-0.1, -0.05) is 6.92 Å². The highest BCUT2D eigenvalue weighted by atomic mass is 79.9. The molecule has 0 aromatic carbocycles. The van der Waals surface area contributed by atoms with Gasteiger partial charge in [-0.2, -0.15) is 0 Å². The van der Waals surface area contributed by atoms with Crippen molar-refractivity contribution >= 4 is 15.9 Å². The van der Waals surface area contributed by atoms with Gasteiger partial charge in [0.15, 0.2) is 4.67 Å². The van der Waals surface area contributed by atoms with Gasteiger partial charge >= 0.3 is 0 Å². The summed E-state index contributed by atoms with van der Waals surface area (Å²) in [5.74, 6) is 0. The zero-order valence-electron chi connectivity index (χ0n) is 8.48. The number of furan rings is 1. The van der Waals surface area contributed by atoms with Crippen molar-refractivity contribution < 1.29 is 4.42 Å². The first-order valence-corrected chi connectivity index (χ1v) is 5.77. The van der Waals surface area contributed by atoms with Crippen molar-refractivity contribution in [1.82, 2.24) is 10.6 Å². The Morgan fingerprint density at radius 2 is 2.14 bits per heavy atom. The zero-order valence-corrected chi connectivity index (χ0v) is 10.1. The van der Waals surface area contributed by atoms with E-state index in [4.69, 9.17) is 4.42 Å². The van der Waals surface area contributed by atoms with Gasteiger partial charge < -0.3 is 15.1 Å². The quantitative estimate of drug-likeness (QED) is 0.738. The molecule has 1 aromatic rings. The largest absolute Gasteiger partial charge is 0.457 e. The fourth-order valence-electron chi connectivity index (χ4n) is 1.18. The van der Waals surface area contributed by atoms with Crippen LogP contribution in [0.15, 0.2) is 21.4 Å². The SMILES string of the molecule is CCNCCCNCc1ccoc1Br. The van der Waals surface area contributed by atoms with E-state index in [-0.39, 0.29) is 0 Å². The second-order valence-corrected chi connectivity index (χ2v) is 3.82. The van der Waals surface area contributed by atoms with Crippen LogP contribution in [-0.4, -0.2) is 19.6 Å². The lowest BCUT2D eigenvalue weighted by atomic mass is 10.3. The van der Waals surface area contributed by atoms with Gasteiger partial charge in [0.1, 0.15) is 0 Å². The Morgan fingerprint density at radius 3 is 2.79 bits per heavy atom. The van der Waals surface area contributed by atoms with Crippen LogP contribution >= 0.6 is 15.9 Å². The van der Waals surface area contributed by atoms with Crippen molar-refractivity contribution in [1.29, 1.82) is 0 Å². The van der Waals surface area contributed by atoms with Gasteiger partial charge in [-0.05, 0) is 48.1 Å². The molecule has 14 heavy (non-hydrogen) atoms. The van der Waals surface area contributed by atoms with Gasteiger partial charge in [-0.15, -0.1) is 0 Å². The van der Waals surface area contributed by atoms with Crippen LogP contribution in [0.4, 0.5) is 0 Å². The molecular weight excluding hydrogens is 244 g/mol. The van der Waals surface area contributed by atoms with E-state index in [1.54, 1.807) is 6.26 Å². The predicted molar refractivity (Wildman–Crippen MR) is 61.3 cm³/mol. The molecule has 4 heteroatoms. The molecule has 0 aliphatic carbocycles. The number of rotatable bonds is 7. The third-order valence-electron chi connectivity index (χ3n) is 1.97. The van der Waals surface area contributed by atoms with Crippen LogP contribution in [0.25, 0.3) is 0 Å². The normalized spacial score (nSPS) is 10.7. The molecule has 0 aliphatic rings. The summed E-state index contributed by atoms with van der Waals surface area (Å²) in [4.78, 5) is 0. The van der Waals surface area contributed by atoms with Crippen LogP contribution in [0.5, 0.6) is 0 Å². The first-order chi connectivity index (χ1) is 6.84. The van der Waals surface area contributed by atoms with Crippen molar-refractivity contribution in [2.24, 2.45) is 0 Å². The van der Waals surface area contributed by atoms with Crippen LogP contribution in [0.2, 0.25) is 0 Å². The molecule has 0 atom stereocenters. The summed E-state index contributed by atoms with van der Waals surface area (Å²) in [6.07, 6.45) is 2.85. The van der Waals surface area contributed by atoms with Crippen LogP contribution in [0.1, 0.15) is 18.9 Å². The van der Waals surface area contributed by atoms with E-state index in [0.29, 0.717) is 0 Å². The lowest BCUT2D eigenvalue weighted by Gasteiger charge is -2.03. The van der Waals surface area contributed by atoms with Crippen molar-refractivity contribution in [2.75, 3.05) is 19.6 Å². The highest BCUT2D eigenvalue weighted by Gasteiger charge is 2.00. The molecule has 0 saturated heterocycles. The summed E-state index contributed by atoms with van der Waals surface area (Å²) < 4.78 is 5.95. The molecule has 3 nitrogen and oxygen atoms in total. The smallest absolute Gasteiger partial charge is 0.173 e. The second-order valence-electron chi connectivity index (χ2n) is 3.10.